The minimum absolute atomic E-state index is 0.102. The first kappa shape index (κ1) is 28.7. The molecule has 3 heterocycles. The van der Waals surface area contributed by atoms with Crippen LogP contribution < -0.4 is 10.1 Å². The Labute approximate surface area is 240 Å². The topological polar surface area (TPSA) is 81.5 Å². The van der Waals surface area contributed by atoms with Crippen molar-refractivity contribution in [1.29, 1.82) is 0 Å². The lowest BCUT2D eigenvalue weighted by atomic mass is 9.89. The summed E-state index contributed by atoms with van der Waals surface area (Å²) in [6, 6.07) is 11.3. The van der Waals surface area contributed by atoms with Crippen LogP contribution in [0.25, 0.3) is 11.0 Å². The van der Waals surface area contributed by atoms with E-state index in [9.17, 15) is 18.0 Å². The van der Waals surface area contributed by atoms with Gasteiger partial charge in [-0.1, -0.05) is 23.7 Å². The van der Waals surface area contributed by atoms with E-state index in [2.05, 4.69) is 24.9 Å². The molecule has 0 bridgehead atoms. The number of hydrogen-bond acceptors (Lipinski definition) is 7. The molecule has 216 valence electrons. The van der Waals surface area contributed by atoms with Crippen LogP contribution in [0, 0.1) is 5.82 Å². The highest BCUT2D eigenvalue weighted by Crippen LogP contribution is 2.34. The van der Waals surface area contributed by atoms with Gasteiger partial charge in [0.15, 0.2) is 5.75 Å². The van der Waals surface area contributed by atoms with Crippen molar-refractivity contribution < 1.29 is 27.4 Å². The van der Waals surface area contributed by atoms with Gasteiger partial charge in [-0.2, -0.15) is 8.78 Å². The van der Waals surface area contributed by atoms with Crippen molar-refractivity contribution >= 4 is 34.4 Å². The predicted octanol–water partition coefficient (Wildman–Crippen LogP) is 6.14. The monoisotopic (exact) mass is 587 g/mol. The largest absolute Gasteiger partial charge is 0.465 e. The number of aromatic nitrogens is 3. The van der Waals surface area contributed by atoms with Gasteiger partial charge in [0.1, 0.15) is 23.0 Å². The van der Waals surface area contributed by atoms with Crippen LogP contribution in [0.4, 0.5) is 19.0 Å². The minimum atomic E-state index is -3.06. The first-order chi connectivity index (χ1) is 19.7. The standard InChI is InChI=1S/C29H29ClF3N5O3/c1-37-23-12-19(28(39)40-2)13-24(41-29(32)33)26(23)36-25(37)16-38-10-7-17(8-11-38)21-4-3-9-34-27(21)35-15-18-5-6-20(30)14-22(18)31/h3-6,9,12-14,17,29H,7-8,10-11,15-16H2,1-2H3,(H,34,35). The van der Waals surface area contributed by atoms with Gasteiger partial charge in [0.25, 0.3) is 0 Å². The van der Waals surface area contributed by atoms with Crippen molar-refractivity contribution in [2.75, 3.05) is 25.5 Å². The number of pyridine rings is 1. The molecule has 2 aromatic heterocycles. The van der Waals surface area contributed by atoms with E-state index in [-0.39, 0.29) is 35.1 Å². The van der Waals surface area contributed by atoms with Crippen molar-refractivity contribution in [3.8, 4) is 5.75 Å². The van der Waals surface area contributed by atoms with Crippen LogP contribution in [0.1, 0.15) is 46.1 Å². The number of piperidine rings is 1. The van der Waals surface area contributed by atoms with E-state index in [1.54, 1.807) is 36.0 Å². The highest BCUT2D eigenvalue weighted by molar-refractivity contribution is 6.30. The third kappa shape index (κ3) is 6.41. The summed E-state index contributed by atoms with van der Waals surface area (Å²) in [5.74, 6) is 0.447. The summed E-state index contributed by atoms with van der Waals surface area (Å²) < 4.78 is 51.7. The normalized spacial score (nSPS) is 14.5. The number of imidazole rings is 1. The number of likely N-dealkylation sites (tertiary alicyclic amines) is 1. The number of methoxy groups -OCH3 is 1. The second kappa shape index (κ2) is 12.4. The summed E-state index contributed by atoms with van der Waals surface area (Å²) >= 11 is 5.87. The number of nitrogens with one attached hydrogen (secondary N) is 1. The number of nitrogens with zero attached hydrogens (tertiary/aromatic N) is 4. The fraction of sp³-hybridized carbons (Fsp3) is 0.345. The Morgan fingerprint density at radius 1 is 1.20 bits per heavy atom. The number of carbonyl (C=O) groups is 1. The van der Waals surface area contributed by atoms with Crippen LogP contribution >= 0.6 is 11.6 Å². The molecule has 41 heavy (non-hydrogen) atoms. The molecule has 1 aliphatic heterocycles. The molecular weight excluding hydrogens is 559 g/mol. The smallest absolute Gasteiger partial charge is 0.387 e. The molecular formula is C29H29ClF3N5O3. The highest BCUT2D eigenvalue weighted by Gasteiger charge is 2.25. The van der Waals surface area contributed by atoms with E-state index in [4.69, 9.17) is 16.3 Å². The molecule has 1 fully saturated rings. The summed E-state index contributed by atoms with van der Waals surface area (Å²) in [6.07, 6.45) is 3.44. The summed E-state index contributed by atoms with van der Waals surface area (Å²) in [6.45, 7) is -0.724. The average molecular weight is 588 g/mol. The number of anilines is 1. The number of rotatable bonds is 9. The molecule has 0 radical (unpaired) electrons. The first-order valence-corrected chi connectivity index (χ1v) is 13.5. The van der Waals surface area contributed by atoms with E-state index < -0.39 is 12.6 Å². The maximum absolute atomic E-state index is 14.3. The van der Waals surface area contributed by atoms with Gasteiger partial charge in [0.2, 0.25) is 0 Å². The quantitative estimate of drug-likeness (QED) is 0.236. The number of aryl methyl sites for hydroxylation is 1. The van der Waals surface area contributed by atoms with Gasteiger partial charge in [-0.3, -0.25) is 4.90 Å². The van der Waals surface area contributed by atoms with Crippen molar-refractivity contribution in [1.82, 2.24) is 19.4 Å². The third-order valence-corrected chi connectivity index (χ3v) is 7.61. The molecule has 12 heteroatoms. The number of halogens is 4. The van der Waals surface area contributed by atoms with E-state index in [1.165, 1.54) is 19.2 Å². The Hall–Kier alpha value is -3.83. The second-order valence-corrected chi connectivity index (χ2v) is 10.3. The third-order valence-electron chi connectivity index (χ3n) is 7.37. The van der Waals surface area contributed by atoms with E-state index >= 15 is 0 Å². The van der Waals surface area contributed by atoms with Crippen LogP contribution in [-0.4, -0.2) is 52.2 Å². The molecule has 0 unspecified atom stereocenters. The van der Waals surface area contributed by atoms with Crippen molar-refractivity contribution in [3.05, 3.63) is 82.0 Å². The Morgan fingerprint density at radius 2 is 1.98 bits per heavy atom. The summed E-state index contributed by atoms with van der Waals surface area (Å²) in [4.78, 5) is 23.5. The van der Waals surface area contributed by atoms with Gasteiger partial charge in [0.05, 0.1) is 24.7 Å². The number of alkyl halides is 2. The molecule has 4 aromatic rings. The van der Waals surface area contributed by atoms with Crippen LogP contribution in [0.5, 0.6) is 5.75 Å². The number of esters is 1. The number of ether oxygens (including phenoxy) is 2. The zero-order valence-corrected chi connectivity index (χ0v) is 23.3. The highest BCUT2D eigenvalue weighted by atomic mass is 35.5. The Balaban J connectivity index is 1.28. The van der Waals surface area contributed by atoms with E-state index in [1.807, 2.05) is 12.1 Å². The lowest BCUT2D eigenvalue weighted by molar-refractivity contribution is -0.0489. The van der Waals surface area contributed by atoms with Crippen LogP contribution in [-0.2, 0) is 24.9 Å². The lowest BCUT2D eigenvalue weighted by Gasteiger charge is -2.32. The van der Waals surface area contributed by atoms with Crippen molar-refractivity contribution in [2.24, 2.45) is 7.05 Å². The maximum Gasteiger partial charge on any atom is 0.387 e. The molecule has 1 N–H and O–H groups in total. The molecule has 0 saturated carbocycles. The zero-order chi connectivity index (χ0) is 29.1. The van der Waals surface area contributed by atoms with Crippen LogP contribution in [0.3, 0.4) is 0 Å². The number of fused-ring (bicyclic) bond motifs is 1. The second-order valence-electron chi connectivity index (χ2n) is 9.88. The summed E-state index contributed by atoms with van der Waals surface area (Å²) in [7, 11) is 3.00. The SMILES string of the molecule is COC(=O)c1cc(OC(F)F)c2nc(CN3CCC(c4cccnc4NCc4ccc(Cl)cc4F)CC3)n(C)c2c1. The predicted molar refractivity (Wildman–Crippen MR) is 149 cm³/mol. The molecule has 1 saturated heterocycles. The molecule has 5 rings (SSSR count). The molecule has 0 amide bonds. The molecule has 1 aliphatic rings. The Morgan fingerprint density at radius 3 is 2.68 bits per heavy atom. The van der Waals surface area contributed by atoms with Gasteiger partial charge in [-0.05, 0) is 67.7 Å². The molecule has 8 nitrogen and oxygen atoms in total. The average Bonchev–Trinajstić information content (AvgIpc) is 3.27. The number of carbonyl (C=O) groups excluding carboxylic acids is 1. The maximum atomic E-state index is 14.3. The van der Waals surface area contributed by atoms with Gasteiger partial charge in [0, 0.05) is 30.4 Å². The first-order valence-electron chi connectivity index (χ1n) is 13.1. The summed E-state index contributed by atoms with van der Waals surface area (Å²) in [5, 5.41) is 3.63. The number of hydrogen-bond donors (Lipinski definition) is 1. The zero-order valence-electron chi connectivity index (χ0n) is 22.5. The molecule has 0 aliphatic carbocycles. The lowest BCUT2D eigenvalue weighted by Crippen LogP contribution is -2.33. The van der Waals surface area contributed by atoms with Gasteiger partial charge >= 0.3 is 12.6 Å². The van der Waals surface area contributed by atoms with E-state index in [0.29, 0.717) is 28.5 Å². The minimum Gasteiger partial charge on any atom is -0.465 e. The number of benzene rings is 2. The molecule has 2 aromatic carbocycles. The fourth-order valence-electron chi connectivity index (χ4n) is 5.21. The summed E-state index contributed by atoms with van der Waals surface area (Å²) in [5.41, 5.74) is 2.44. The van der Waals surface area contributed by atoms with E-state index in [0.717, 1.165) is 37.3 Å². The van der Waals surface area contributed by atoms with Gasteiger partial charge in [-0.25, -0.2) is 19.2 Å². The fourth-order valence-corrected chi connectivity index (χ4v) is 5.37. The molecule has 0 spiro atoms. The van der Waals surface area contributed by atoms with Gasteiger partial charge < -0.3 is 19.4 Å². The molecule has 0 atom stereocenters. The van der Waals surface area contributed by atoms with Crippen LogP contribution in [0.15, 0.2) is 48.7 Å². The van der Waals surface area contributed by atoms with Crippen molar-refractivity contribution in [2.45, 2.75) is 38.5 Å². The Kier molecular flexibility index (Phi) is 8.65. The van der Waals surface area contributed by atoms with Crippen molar-refractivity contribution in [3.63, 3.8) is 0 Å². The Bertz CT molecular complexity index is 1560. The van der Waals surface area contributed by atoms with Crippen LogP contribution in [0.2, 0.25) is 5.02 Å². The van der Waals surface area contributed by atoms with Gasteiger partial charge in [-0.15, -0.1) is 0 Å².